The highest BCUT2D eigenvalue weighted by atomic mass is 19.1. The van der Waals surface area contributed by atoms with Gasteiger partial charge < -0.3 is 10.0 Å². The van der Waals surface area contributed by atoms with Gasteiger partial charge in [-0.15, -0.1) is 0 Å². The molecule has 1 heterocycles. The smallest absolute Gasteiger partial charge is 0.311 e. The monoisotopic (exact) mass is 262 g/mol. The van der Waals surface area contributed by atoms with E-state index in [0.29, 0.717) is 31.6 Å². The van der Waals surface area contributed by atoms with E-state index in [2.05, 4.69) is 0 Å². The molecule has 2 rings (SSSR count). The molecule has 19 heavy (non-hydrogen) atoms. The van der Waals surface area contributed by atoms with Crippen LogP contribution in [0.5, 0.6) is 0 Å². The van der Waals surface area contributed by atoms with Crippen molar-refractivity contribution in [2.75, 3.05) is 18.0 Å². The van der Waals surface area contributed by atoms with Gasteiger partial charge in [-0.1, -0.05) is 6.92 Å². The number of rotatable bonds is 3. The summed E-state index contributed by atoms with van der Waals surface area (Å²) in [6.07, 6.45) is 1.09. The van der Waals surface area contributed by atoms with E-state index in [-0.39, 0.29) is 5.56 Å². The lowest BCUT2D eigenvalue weighted by atomic mass is 9.84. The number of aliphatic carboxylic acids is 1. The minimum atomic E-state index is -0.807. The fraction of sp³-hybridized carbons (Fsp3) is 0.429. The van der Waals surface area contributed by atoms with Crippen LogP contribution in [0.3, 0.4) is 0 Å². The van der Waals surface area contributed by atoms with Crippen LogP contribution in [0, 0.1) is 22.6 Å². The number of hydrogen-bond donors (Lipinski definition) is 1. The van der Waals surface area contributed by atoms with Gasteiger partial charge in [0.2, 0.25) is 0 Å². The Morgan fingerprint density at radius 3 is 2.89 bits per heavy atom. The minimum Gasteiger partial charge on any atom is -0.481 e. The number of halogens is 1. The van der Waals surface area contributed by atoms with E-state index in [0.717, 1.165) is 0 Å². The van der Waals surface area contributed by atoms with Crippen LogP contribution >= 0.6 is 0 Å². The minimum absolute atomic E-state index is 0.247. The number of nitrogens with zero attached hydrogens (tertiary/aromatic N) is 2. The topological polar surface area (TPSA) is 64.3 Å². The van der Waals surface area contributed by atoms with Crippen molar-refractivity contribution in [1.29, 1.82) is 5.26 Å². The Bertz CT molecular complexity index is 553. The van der Waals surface area contributed by atoms with Gasteiger partial charge in [0, 0.05) is 13.1 Å². The predicted octanol–water partition coefficient (Wildman–Crippen LogP) is 2.39. The number of hydrogen-bond acceptors (Lipinski definition) is 3. The molecular weight excluding hydrogens is 247 g/mol. The summed E-state index contributed by atoms with van der Waals surface area (Å²) in [4.78, 5) is 13.2. The fourth-order valence-corrected chi connectivity index (χ4v) is 2.57. The molecule has 1 fully saturated rings. The normalized spacial score (nSPS) is 22.3. The third-order valence-corrected chi connectivity index (χ3v) is 3.90. The van der Waals surface area contributed by atoms with Crippen LogP contribution in [0.25, 0.3) is 0 Å². The standard InChI is InChI=1S/C14H15FN2O2/c1-2-14(13(18)19)5-6-17(9-14)12-4-3-11(15)7-10(12)8-16/h3-4,7H,2,5-6,9H2,1H3,(H,18,19). The van der Waals surface area contributed by atoms with Gasteiger partial charge in [0.15, 0.2) is 0 Å². The second kappa shape index (κ2) is 4.88. The Morgan fingerprint density at radius 2 is 2.37 bits per heavy atom. The molecule has 4 nitrogen and oxygen atoms in total. The van der Waals surface area contributed by atoms with Gasteiger partial charge in [-0.2, -0.15) is 5.26 Å². The Morgan fingerprint density at radius 1 is 1.63 bits per heavy atom. The van der Waals surface area contributed by atoms with Crippen molar-refractivity contribution in [1.82, 2.24) is 0 Å². The summed E-state index contributed by atoms with van der Waals surface area (Å²) in [6, 6.07) is 5.98. The van der Waals surface area contributed by atoms with Crippen LogP contribution in [0.15, 0.2) is 18.2 Å². The highest BCUT2D eigenvalue weighted by Gasteiger charge is 2.43. The largest absolute Gasteiger partial charge is 0.481 e. The molecule has 1 saturated heterocycles. The Hall–Kier alpha value is -2.09. The summed E-state index contributed by atoms with van der Waals surface area (Å²) >= 11 is 0. The van der Waals surface area contributed by atoms with Crippen molar-refractivity contribution in [2.45, 2.75) is 19.8 Å². The molecule has 1 aromatic carbocycles. The van der Waals surface area contributed by atoms with E-state index in [9.17, 15) is 14.3 Å². The molecule has 0 aliphatic carbocycles. The molecule has 1 aliphatic rings. The van der Waals surface area contributed by atoms with Gasteiger partial charge >= 0.3 is 5.97 Å². The molecule has 0 amide bonds. The molecule has 100 valence electrons. The second-order valence-corrected chi connectivity index (χ2v) is 4.88. The summed E-state index contributed by atoms with van der Waals surface area (Å²) in [5, 5.41) is 18.4. The molecule has 1 aromatic rings. The Balaban J connectivity index is 2.31. The summed E-state index contributed by atoms with van der Waals surface area (Å²) in [5.41, 5.74) is 0.0963. The number of carboxylic acid groups (broad SMARTS) is 1. The third kappa shape index (κ3) is 2.26. The van der Waals surface area contributed by atoms with Crippen molar-refractivity contribution < 1.29 is 14.3 Å². The quantitative estimate of drug-likeness (QED) is 0.908. The van der Waals surface area contributed by atoms with E-state index in [1.807, 2.05) is 17.9 Å². The molecule has 5 heteroatoms. The van der Waals surface area contributed by atoms with Crippen LogP contribution < -0.4 is 4.90 Å². The summed E-state index contributed by atoms with van der Waals surface area (Å²) in [5.74, 6) is -1.27. The van der Waals surface area contributed by atoms with Crippen LogP contribution in [-0.2, 0) is 4.79 Å². The average Bonchev–Trinajstić information content (AvgIpc) is 2.84. The maximum atomic E-state index is 13.1. The summed E-state index contributed by atoms with van der Waals surface area (Å²) < 4.78 is 13.1. The number of carbonyl (C=O) groups is 1. The first-order chi connectivity index (χ1) is 9.02. The molecule has 1 atom stereocenters. The molecular formula is C14H15FN2O2. The van der Waals surface area contributed by atoms with Gasteiger partial charge in [-0.25, -0.2) is 4.39 Å². The maximum Gasteiger partial charge on any atom is 0.311 e. The molecule has 0 radical (unpaired) electrons. The van der Waals surface area contributed by atoms with Gasteiger partial charge in [0.05, 0.1) is 16.7 Å². The number of carboxylic acids is 1. The number of benzene rings is 1. The first-order valence-electron chi connectivity index (χ1n) is 6.20. The fourth-order valence-electron chi connectivity index (χ4n) is 2.57. The number of anilines is 1. The highest BCUT2D eigenvalue weighted by molar-refractivity contribution is 5.77. The molecule has 0 bridgehead atoms. The van der Waals surface area contributed by atoms with Gasteiger partial charge in [-0.3, -0.25) is 4.79 Å². The molecule has 0 saturated carbocycles. The molecule has 0 spiro atoms. The van der Waals surface area contributed by atoms with Gasteiger partial charge in [0.25, 0.3) is 0 Å². The van der Waals surface area contributed by atoms with E-state index in [1.165, 1.54) is 12.1 Å². The Kier molecular flexibility index (Phi) is 3.43. The molecule has 1 N–H and O–H groups in total. The second-order valence-electron chi connectivity index (χ2n) is 4.88. The van der Waals surface area contributed by atoms with Gasteiger partial charge in [-0.05, 0) is 31.0 Å². The Labute approximate surface area is 111 Å². The SMILES string of the molecule is CCC1(C(=O)O)CCN(c2ccc(F)cc2C#N)C1. The maximum absolute atomic E-state index is 13.1. The van der Waals surface area contributed by atoms with E-state index in [4.69, 9.17) is 5.26 Å². The van der Waals surface area contributed by atoms with Crippen molar-refractivity contribution in [3.05, 3.63) is 29.6 Å². The summed E-state index contributed by atoms with van der Waals surface area (Å²) in [7, 11) is 0. The van der Waals surface area contributed by atoms with Crippen molar-refractivity contribution >= 4 is 11.7 Å². The molecule has 0 aromatic heterocycles. The zero-order valence-electron chi connectivity index (χ0n) is 10.7. The van der Waals surface area contributed by atoms with Crippen molar-refractivity contribution in [3.8, 4) is 6.07 Å². The van der Waals surface area contributed by atoms with Crippen LogP contribution in [0.1, 0.15) is 25.3 Å². The van der Waals surface area contributed by atoms with Gasteiger partial charge in [0.1, 0.15) is 11.9 Å². The first kappa shape index (κ1) is 13.3. The lowest BCUT2D eigenvalue weighted by Gasteiger charge is -2.24. The third-order valence-electron chi connectivity index (χ3n) is 3.90. The lowest BCUT2D eigenvalue weighted by Crippen LogP contribution is -2.34. The molecule has 1 unspecified atom stereocenters. The number of nitriles is 1. The van der Waals surface area contributed by atoms with E-state index in [1.54, 1.807) is 6.07 Å². The zero-order chi connectivity index (χ0) is 14.0. The van der Waals surface area contributed by atoms with Crippen LogP contribution in [-0.4, -0.2) is 24.2 Å². The first-order valence-corrected chi connectivity index (χ1v) is 6.20. The zero-order valence-corrected chi connectivity index (χ0v) is 10.7. The average molecular weight is 262 g/mol. The highest BCUT2D eigenvalue weighted by Crippen LogP contribution is 2.37. The van der Waals surface area contributed by atoms with Crippen molar-refractivity contribution in [3.63, 3.8) is 0 Å². The van der Waals surface area contributed by atoms with E-state index < -0.39 is 17.2 Å². The van der Waals surface area contributed by atoms with E-state index >= 15 is 0 Å². The predicted molar refractivity (Wildman–Crippen MR) is 68.3 cm³/mol. The molecule has 1 aliphatic heterocycles. The summed E-state index contributed by atoms with van der Waals surface area (Å²) in [6.45, 7) is 2.78. The van der Waals surface area contributed by atoms with Crippen LogP contribution in [0.2, 0.25) is 0 Å². The van der Waals surface area contributed by atoms with Crippen molar-refractivity contribution in [2.24, 2.45) is 5.41 Å². The lowest BCUT2D eigenvalue weighted by molar-refractivity contribution is -0.147. The van der Waals surface area contributed by atoms with Crippen LogP contribution in [0.4, 0.5) is 10.1 Å².